The second-order valence-electron chi connectivity index (χ2n) is 29.4. The predicted molar refractivity (Wildman–Crippen MR) is 347 cm³/mol. The molecule has 102 heavy (non-hydrogen) atoms. The number of hydrogen-bond acceptors (Lipinski definition) is 22. The lowest BCUT2D eigenvalue weighted by Crippen LogP contribution is -2.93. The number of rotatable bonds is 35. The molecule has 6 aliphatic rings. The fourth-order valence-electron chi connectivity index (χ4n) is 9.78. The molecule has 6 rings (SSSR count). The molecular formula is C43H85F21O22Si16. The zero-order valence-corrected chi connectivity index (χ0v) is 74.2. The maximum Gasteiger partial charge on any atom is 0.651 e. The molecule has 0 unspecified atom stereocenters. The van der Waals surface area contributed by atoms with Crippen LogP contribution in [0.1, 0.15) is 51.4 Å². The average Bonchev–Trinajstić information content (AvgIpc) is 0.678. The van der Waals surface area contributed by atoms with E-state index in [9.17, 15) is 97.0 Å². The average molecular weight is 1800 g/mol. The quantitative estimate of drug-likeness (QED) is 0.0190. The zero-order valence-electron chi connectivity index (χ0n) is 58.2. The summed E-state index contributed by atoms with van der Waals surface area (Å²) >= 11 is 0. The van der Waals surface area contributed by atoms with Crippen LogP contribution in [0.3, 0.4) is 0 Å². The molecule has 0 amide bonds. The van der Waals surface area contributed by atoms with Crippen LogP contribution in [0.4, 0.5) is 92.2 Å². The summed E-state index contributed by atoms with van der Waals surface area (Å²) in [4.78, 5) is 12.3. The molecule has 0 aromatic heterocycles. The van der Waals surface area contributed by atoms with E-state index in [1.54, 1.807) is 0 Å². The highest BCUT2D eigenvalue weighted by Crippen LogP contribution is 2.55. The van der Waals surface area contributed by atoms with Crippen molar-refractivity contribution < 1.29 is 184 Å². The van der Waals surface area contributed by atoms with Gasteiger partial charge in [0, 0.05) is 51.0 Å². The Hall–Kier alpha value is 0.410. The van der Waals surface area contributed by atoms with Gasteiger partial charge < -0.3 is 87.0 Å². The SMILES string of the molecule is C=CC(=O)OCCC[Si](C)(C)O[Si]12O[Si]3(O[Si](C)(C)CCC(F)(F)F)O[Si]4(O[Si](C)(C)CCC(F)(F)F)O[Si](O[Si](C)(C)CCC(F)(F)F)(O1)O[Si]1(O[Si](C)(C)CCC(F)(F)F)O[Si](O[Si](C)(C)CCC(F)(F)F)(O2)O[Si](O[Si](C)(C)CCC(F)(F)F)(O3)O[Si](O[Si](C)(C)CCC(F)(F)F)(O4)O1. The van der Waals surface area contributed by atoms with E-state index in [2.05, 4.69) is 6.58 Å². The van der Waals surface area contributed by atoms with Gasteiger partial charge >= 0.3 is 122 Å². The number of carbonyl (C=O) groups excluding carboxylic acids is 1. The van der Waals surface area contributed by atoms with Crippen molar-refractivity contribution in [2.24, 2.45) is 0 Å². The van der Waals surface area contributed by atoms with Crippen molar-refractivity contribution in [3.05, 3.63) is 12.7 Å². The second-order valence-corrected chi connectivity index (χ2v) is 85.9. The number of hydrogen-bond donors (Lipinski definition) is 0. The van der Waals surface area contributed by atoms with Gasteiger partial charge in [-0.2, -0.15) is 92.2 Å². The summed E-state index contributed by atoms with van der Waals surface area (Å²) in [5, 5.41) is 0. The van der Waals surface area contributed by atoms with E-state index >= 15 is 0 Å². The van der Waals surface area contributed by atoms with E-state index < -0.39 is 282 Å². The van der Waals surface area contributed by atoms with Crippen LogP contribution in [-0.4, -0.2) is 195 Å². The van der Waals surface area contributed by atoms with Crippen LogP contribution in [0.5, 0.6) is 0 Å². The standard InChI is InChI=1S/C43H85F21O22Si16/c1-18-36(65)66-27-19-28-87(2,3)67-95-75-96(68-88(4,5)29-20-37(44,45)46)78-99(71-91(10,11)32-23-40(53,54)55)80-97(76-95,69-89(6,7)30-21-38(47,48)49)82-101(73-93(14,15)34-25-42(59,60)61)83-98(77-95,70-90(8,9)31-22-39(50,51)52)81-100(79-96,72-92(12,13)33-24-41(56,57)58)85-102(84-99,86-101)74-94(16,17)35-26-43(62,63)64/h18H,1,19-35H2,2-17H3. The fourth-order valence-corrected chi connectivity index (χ4v) is 82.6. The predicted octanol–water partition coefficient (Wildman–Crippen LogP) is 16.3. The van der Waals surface area contributed by atoms with Gasteiger partial charge in [-0.3, -0.25) is 0 Å². The summed E-state index contributed by atoms with van der Waals surface area (Å²) in [5.41, 5.74) is 0. The minimum Gasteiger partial charge on any atom is -0.463 e. The molecule has 0 spiro atoms. The minimum atomic E-state index is -6.94. The summed E-state index contributed by atoms with van der Waals surface area (Å²) < 4.78 is 450. The van der Waals surface area contributed by atoms with Gasteiger partial charge in [0.15, 0.2) is 66.5 Å². The van der Waals surface area contributed by atoms with Crippen LogP contribution in [-0.2, 0) is 91.8 Å². The summed E-state index contributed by atoms with van der Waals surface area (Å²) in [6, 6.07) is -8.28. The largest absolute Gasteiger partial charge is 0.651 e. The van der Waals surface area contributed by atoms with Gasteiger partial charge in [-0.25, -0.2) is 4.79 Å². The number of esters is 1. The lowest BCUT2D eigenvalue weighted by molar-refractivity contribution is -0.141. The highest BCUT2D eigenvalue weighted by molar-refractivity contribution is 7.04. The van der Waals surface area contributed by atoms with Crippen molar-refractivity contribution in [3.8, 4) is 0 Å². The second kappa shape index (κ2) is 31.4. The lowest BCUT2D eigenvalue weighted by atomic mass is 10.5. The summed E-state index contributed by atoms with van der Waals surface area (Å²) in [5.74, 6) is -0.961. The van der Waals surface area contributed by atoms with Gasteiger partial charge in [0.2, 0.25) is 0 Å². The van der Waals surface area contributed by atoms with Gasteiger partial charge in [0.1, 0.15) is 0 Å². The van der Waals surface area contributed by atoms with Gasteiger partial charge in [-0.1, -0.05) is 6.58 Å². The number of alkyl halides is 21. The van der Waals surface area contributed by atoms with E-state index in [-0.39, 0.29) is 12.5 Å². The maximum atomic E-state index is 14.6. The summed E-state index contributed by atoms with van der Waals surface area (Å²) in [6.45, 7) is 19.7. The Morgan fingerprint density at radius 2 is 0.402 bits per heavy atom. The summed E-state index contributed by atoms with van der Waals surface area (Å²) in [7, 11) is -92.2. The fraction of sp³-hybridized carbons (Fsp3) is 0.930. The Labute approximate surface area is 592 Å². The first-order chi connectivity index (χ1) is 45.0. The molecule has 59 heteroatoms. The number of halogens is 21. The monoisotopic (exact) mass is 1800 g/mol. The van der Waals surface area contributed by atoms with Crippen LogP contribution >= 0.6 is 0 Å². The molecular weight excluding hydrogens is 1720 g/mol. The van der Waals surface area contributed by atoms with Gasteiger partial charge in [0.05, 0.1) is 6.61 Å². The van der Waals surface area contributed by atoms with Crippen molar-refractivity contribution >= 4 is 145 Å². The molecule has 0 saturated carbocycles. The zero-order chi connectivity index (χ0) is 78.7. The number of ether oxygens (including phenoxy) is 1. The molecule has 0 aromatic carbocycles. The molecule has 0 radical (unpaired) electrons. The Morgan fingerprint density at radius 1 is 0.275 bits per heavy atom. The lowest BCUT2D eigenvalue weighted by Gasteiger charge is -2.61. The summed E-state index contributed by atoms with van der Waals surface area (Å²) in [6.07, 6.45) is -47.5. The third kappa shape index (κ3) is 30.8. The van der Waals surface area contributed by atoms with Crippen molar-refractivity contribution in [2.45, 2.75) is 248 Å². The van der Waals surface area contributed by atoms with Gasteiger partial charge in [-0.15, -0.1) is 0 Å². The van der Waals surface area contributed by atoms with Crippen molar-refractivity contribution in [2.75, 3.05) is 6.61 Å². The smallest absolute Gasteiger partial charge is 0.463 e. The van der Waals surface area contributed by atoms with Gasteiger partial charge in [-0.05, 0) is 160 Å². The highest BCUT2D eigenvalue weighted by atomic mass is 28.7. The van der Waals surface area contributed by atoms with Crippen LogP contribution in [0, 0.1) is 0 Å². The molecule has 6 heterocycles. The van der Waals surface area contributed by atoms with Crippen molar-refractivity contribution in [1.82, 2.24) is 0 Å². The Kier molecular flexibility index (Phi) is 28.6. The van der Waals surface area contributed by atoms with Crippen LogP contribution in [0.15, 0.2) is 12.7 Å². The Balaban J connectivity index is 2.25. The van der Waals surface area contributed by atoms with Crippen molar-refractivity contribution in [1.29, 1.82) is 0 Å². The third-order valence-electron chi connectivity index (χ3n) is 14.6. The molecule has 0 N–H and O–H groups in total. The van der Waals surface area contributed by atoms with E-state index in [1.165, 1.54) is 13.1 Å². The molecule has 600 valence electrons. The van der Waals surface area contributed by atoms with Gasteiger partial charge in [0.25, 0.3) is 0 Å². The molecule has 6 aliphatic heterocycles. The van der Waals surface area contributed by atoms with E-state index in [1.807, 2.05) is 0 Å². The van der Waals surface area contributed by atoms with E-state index in [4.69, 9.17) is 87.0 Å². The first kappa shape index (κ1) is 93.0. The topological polar surface area (TPSA) is 211 Å². The molecule has 0 aromatic rings. The molecule has 0 atom stereocenters. The van der Waals surface area contributed by atoms with E-state index in [0.717, 1.165) is 97.7 Å². The third-order valence-corrected chi connectivity index (χ3v) is 76.0. The first-order valence-electron chi connectivity index (χ1n) is 31.3. The minimum absolute atomic E-state index is 0.241. The highest BCUT2D eigenvalue weighted by Gasteiger charge is 2.93. The van der Waals surface area contributed by atoms with E-state index in [0.29, 0.717) is 0 Å². The molecule has 6 saturated heterocycles. The normalized spacial score (nSPS) is 29.3. The molecule has 0 aliphatic carbocycles. The van der Waals surface area contributed by atoms with Crippen LogP contribution in [0.25, 0.3) is 0 Å². The maximum absolute atomic E-state index is 14.6. The first-order valence-corrected chi connectivity index (χ1v) is 69.3. The number of carbonyl (C=O) groups is 1. The molecule has 6 fully saturated rings. The molecule has 8 bridgehead atoms. The molecule has 22 nitrogen and oxygen atoms in total. The Morgan fingerprint density at radius 3 is 0.520 bits per heavy atom. The van der Waals surface area contributed by atoms with Crippen molar-refractivity contribution in [3.63, 3.8) is 0 Å². The van der Waals surface area contributed by atoms with Crippen LogP contribution < -0.4 is 0 Å². The van der Waals surface area contributed by atoms with Crippen LogP contribution in [0.2, 0.25) is 153 Å². The Bertz CT molecular complexity index is 2610.